The monoisotopic (exact) mass is 654 g/mol. The third kappa shape index (κ3) is 6.55. The standard InChI is InChI=1S/C30H28BrClN4O4S/c1-4-39-28(37)26-18(2)33-29-34-30(41-17-21-9-5-6-11-23(21)32)35-36(29)27(26)20-12-13-24(25(15-20)38-3)40-16-19-8-7-10-22(31)14-19/h5-15,27H,4,16-17H2,1-3H3,(H,33,34,35). The maximum atomic E-state index is 13.2. The number of thioether (sulfide) groups is 1. The Morgan fingerprint density at radius 1 is 1.12 bits per heavy atom. The van der Waals surface area contributed by atoms with Gasteiger partial charge in [-0.05, 0) is 60.9 Å². The molecule has 0 bridgehead atoms. The minimum absolute atomic E-state index is 0.247. The number of nitrogens with zero attached hydrogens (tertiary/aromatic N) is 3. The molecule has 0 saturated carbocycles. The summed E-state index contributed by atoms with van der Waals surface area (Å²) in [6.07, 6.45) is 0. The molecule has 1 atom stereocenters. The SMILES string of the molecule is CCOC(=O)C1=C(C)Nc2nc(SCc3ccccc3Cl)nn2C1c1ccc(OCc2cccc(Br)c2)c(OC)c1. The molecule has 1 aliphatic rings. The van der Waals surface area contributed by atoms with E-state index in [1.807, 2.05) is 73.7 Å². The van der Waals surface area contributed by atoms with Crippen molar-refractivity contribution < 1.29 is 19.0 Å². The van der Waals surface area contributed by atoms with Gasteiger partial charge in [-0.1, -0.05) is 75.7 Å². The van der Waals surface area contributed by atoms with Crippen LogP contribution in [0.2, 0.25) is 5.02 Å². The van der Waals surface area contributed by atoms with Crippen LogP contribution in [0.25, 0.3) is 0 Å². The van der Waals surface area contributed by atoms with Gasteiger partial charge in [0, 0.05) is 20.9 Å². The van der Waals surface area contributed by atoms with Gasteiger partial charge in [-0.2, -0.15) is 4.98 Å². The summed E-state index contributed by atoms with van der Waals surface area (Å²) in [7, 11) is 1.59. The van der Waals surface area contributed by atoms with Crippen LogP contribution in [-0.4, -0.2) is 34.5 Å². The van der Waals surface area contributed by atoms with Gasteiger partial charge in [0.15, 0.2) is 11.5 Å². The van der Waals surface area contributed by atoms with Crippen LogP contribution < -0.4 is 14.8 Å². The zero-order valence-electron chi connectivity index (χ0n) is 22.7. The van der Waals surface area contributed by atoms with Crippen LogP contribution >= 0.6 is 39.3 Å². The van der Waals surface area contributed by atoms with E-state index in [4.69, 9.17) is 35.9 Å². The van der Waals surface area contributed by atoms with Crippen LogP contribution in [0.3, 0.4) is 0 Å². The molecule has 0 amide bonds. The second kappa shape index (κ2) is 13.0. The second-order valence-electron chi connectivity index (χ2n) is 9.16. The van der Waals surface area contributed by atoms with Crippen molar-refractivity contribution in [2.24, 2.45) is 0 Å². The second-order valence-corrected chi connectivity index (χ2v) is 11.4. The number of carbonyl (C=O) groups excluding carboxylic acids is 1. The quantitative estimate of drug-likeness (QED) is 0.140. The molecule has 0 radical (unpaired) electrons. The van der Waals surface area contributed by atoms with Gasteiger partial charge < -0.3 is 19.5 Å². The number of fused-ring (bicyclic) bond motifs is 1. The van der Waals surface area contributed by atoms with E-state index in [-0.39, 0.29) is 6.61 Å². The van der Waals surface area contributed by atoms with Gasteiger partial charge in [-0.25, -0.2) is 9.48 Å². The number of esters is 1. The Bertz CT molecular complexity index is 1610. The van der Waals surface area contributed by atoms with Crippen LogP contribution in [0.4, 0.5) is 5.95 Å². The molecular formula is C30H28BrClN4O4S. The first kappa shape index (κ1) is 29.0. The Balaban J connectivity index is 1.47. The number of ether oxygens (including phenoxy) is 3. The number of anilines is 1. The fourth-order valence-corrected chi connectivity index (χ4v) is 6.05. The summed E-state index contributed by atoms with van der Waals surface area (Å²) in [6, 6.07) is 20.6. The Hall–Kier alpha value is -3.47. The minimum Gasteiger partial charge on any atom is -0.493 e. The van der Waals surface area contributed by atoms with Crippen molar-refractivity contribution in [1.29, 1.82) is 0 Å². The number of hydrogen-bond acceptors (Lipinski definition) is 8. The number of methoxy groups -OCH3 is 1. The fourth-order valence-electron chi connectivity index (χ4n) is 4.49. The van der Waals surface area contributed by atoms with E-state index in [0.717, 1.165) is 21.2 Å². The average molecular weight is 656 g/mol. The minimum atomic E-state index is -0.597. The maximum absolute atomic E-state index is 13.2. The molecule has 1 aliphatic heterocycles. The number of halogens is 2. The zero-order chi connectivity index (χ0) is 28.9. The van der Waals surface area contributed by atoms with Gasteiger partial charge in [0.2, 0.25) is 11.1 Å². The summed E-state index contributed by atoms with van der Waals surface area (Å²) in [5.41, 5.74) is 3.86. The summed E-state index contributed by atoms with van der Waals surface area (Å²) in [5, 5.41) is 9.26. The van der Waals surface area contributed by atoms with Crippen LogP contribution in [-0.2, 0) is 21.9 Å². The van der Waals surface area contributed by atoms with Crippen LogP contribution in [0.1, 0.15) is 36.6 Å². The molecular weight excluding hydrogens is 628 g/mol. The van der Waals surface area contributed by atoms with E-state index in [0.29, 0.717) is 51.3 Å². The summed E-state index contributed by atoms with van der Waals surface area (Å²) < 4.78 is 19.9. The molecule has 0 aliphatic carbocycles. The van der Waals surface area contributed by atoms with E-state index in [1.54, 1.807) is 18.7 Å². The molecule has 11 heteroatoms. The third-order valence-electron chi connectivity index (χ3n) is 6.43. The summed E-state index contributed by atoms with van der Waals surface area (Å²) in [6.45, 7) is 4.23. The molecule has 0 fully saturated rings. The average Bonchev–Trinajstić information content (AvgIpc) is 3.37. The van der Waals surface area contributed by atoms with Crippen molar-refractivity contribution in [3.63, 3.8) is 0 Å². The summed E-state index contributed by atoms with van der Waals surface area (Å²) in [5.74, 6) is 1.81. The first-order valence-corrected chi connectivity index (χ1v) is 15.1. The Morgan fingerprint density at radius 2 is 1.95 bits per heavy atom. The van der Waals surface area contributed by atoms with E-state index in [9.17, 15) is 4.79 Å². The molecule has 1 unspecified atom stereocenters. The van der Waals surface area contributed by atoms with Crippen molar-refractivity contribution in [3.8, 4) is 11.5 Å². The van der Waals surface area contributed by atoms with Crippen molar-refractivity contribution in [2.75, 3.05) is 19.0 Å². The van der Waals surface area contributed by atoms with E-state index in [1.165, 1.54) is 11.8 Å². The Morgan fingerprint density at radius 3 is 2.71 bits per heavy atom. The highest BCUT2D eigenvalue weighted by molar-refractivity contribution is 9.10. The smallest absolute Gasteiger partial charge is 0.338 e. The number of nitrogens with one attached hydrogen (secondary N) is 1. The molecule has 2 heterocycles. The molecule has 212 valence electrons. The largest absolute Gasteiger partial charge is 0.493 e. The highest BCUT2D eigenvalue weighted by atomic mass is 79.9. The number of hydrogen-bond donors (Lipinski definition) is 1. The first-order valence-electron chi connectivity index (χ1n) is 12.9. The van der Waals surface area contributed by atoms with Gasteiger partial charge in [0.25, 0.3) is 0 Å². The topological polar surface area (TPSA) is 87.5 Å². The van der Waals surface area contributed by atoms with Crippen molar-refractivity contribution in [3.05, 3.63) is 104 Å². The Labute approximate surface area is 256 Å². The molecule has 0 spiro atoms. The van der Waals surface area contributed by atoms with Crippen LogP contribution in [0.5, 0.6) is 11.5 Å². The molecule has 0 saturated heterocycles. The molecule has 1 aromatic heterocycles. The van der Waals surface area contributed by atoms with Crippen molar-refractivity contribution in [2.45, 2.75) is 37.4 Å². The molecule has 5 rings (SSSR count). The van der Waals surface area contributed by atoms with Crippen molar-refractivity contribution >= 4 is 51.2 Å². The molecule has 41 heavy (non-hydrogen) atoms. The lowest BCUT2D eigenvalue weighted by Crippen LogP contribution is -2.29. The van der Waals surface area contributed by atoms with Gasteiger partial charge in [-0.3, -0.25) is 0 Å². The highest BCUT2D eigenvalue weighted by Crippen LogP contribution is 2.40. The third-order valence-corrected chi connectivity index (χ3v) is 8.18. The van der Waals surface area contributed by atoms with Gasteiger partial charge in [0.1, 0.15) is 12.6 Å². The van der Waals surface area contributed by atoms with Gasteiger partial charge in [0.05, 0.1) is 19.3 Å². The highest BCUT2D eigenvalue weighted by Gasteiger charge is 2.35. The van der Waals surface area contributed by atoms with Gasteiger partial charge >= 0.3 is 5.97 Å². The van der Waals surface area contributed by atoms with E-state index < -0.39 is 12.0 Å². The lowest BCUT2D eigenvalue weighted by molar-refractivity contribution is -0.139. The predicted molar refractivity (Wildman–Crippen MR) is 164 cm³/mol. The number of benzene rings is 3. The number of rotatable bonds is 10. The lowest BCUT2D eigenvalue weighted by atomic mass is 9.95. The van der Waals surface area contributed by atoms with Crippen LogP contribution in [0.15, 0.2) is 87.6 Å². The van der Waals surface area contributed by atoms with E-state index in [2.05, 4.69) is 21.2 Å². The zero-order valence-corrected chi connectivity index (χ0v) is 25.8. The summed E-state index contributed by atoms with van der Waals surface area (Å²) in [4.78, 5) is 17.9. The van der Waals surface area contributed by atoms with Gasteiger partial charge in [-0.15, -0.1) is 5.10 Å². The first-order chi connectivity index (χ1) is 19.9. The molecule has 4 aromatic rings. The lowest BCUT2D eigenvalue weighted by Gasteiger charge is -2.28. The number of aromatic nitrogens is 3. The fraction of sp³-hybridized carbons (Fsp3) is 0.233. The molecule has 1 N–H and O–H groups in total. The molecule has 8 nitrogen and oxygen atoms in total. The normalized spacial score (nSPS) is 14.3. The van der Waals surface area contributed by atoms with Crippen LogP contribution in [0, 0.1) is 0 Å². The number of carbonyl (C=O) groups is 1. The van der Waals surface area contributed by atoms with E-state index >= 15 is 0 Å². The molecule has 3 aromatic carbocycles. The Kier molecular flexibility index (Phi) is 9.22. The predicted octanol–water partition coefficient (Wildman–Crippen LogP) is 7.43. The van der Waals surface area contributed by atoms with Crippen molar-refractivity contribution in [1.82, 2.24) is 14.8 Å². The maximum Gasteiger partial charge on any atom is 0.338 e. The summed E-state index contributed by atoms with van der Waals surface area (Å²) >= 11 is 11.3. The number of allylic oxidation sites excluding steroid dienone is 1.